The van der Waals surface area contributed by atoms with Gasteiger partial charge in [-0.05, 0) is 26.2 Å². The maximum absolute atomic E-state index is 11.1. The number of carbonyl (C=O) groups is 1. The fourth-order valence-corrected chi connectivity index (χ4v) is 1.68. The van der Waals surface area contributed by atoms with Crippen LogP contribution in [-0.2, 0) is 4.79 Å². The van der Waals surface area contributed by atoms with Gasteiger partial charge >= 0.3 is 0 Å². The quantitative estimate of drug-likeness (QED) is 0.683. The molecule has 0 aromatic heterocycles. The molecule has 1 saturated carbocycles. The summed E-state index contributed by atoms with van der Waals surface area (Å²) in [6.45, 7) is 5.27. The van der Waals surface area contributed by atoms with Gasteiger partial charge in [0.2, 0.25) is 5.91 Å². The van der Waals surface area contributed by atoms with Gasteiger partial charge < -0.3 is 5.32 Å². The molecule has 2 nitrogen and oxygen atoms in total. The number of hydrogen-bond acceptors (Lipinski definition) is 1. The van der Waals surface area contributed by atoms with Crippen LogP contribution >= 0.6 is 0 Å². The van der Waals surface area contributed by atoms with E-state index in [9.17, 15) is 4.79 Å². The molecular formula is C10H17NO. The summed E-state index contributed by atoms with van der Waals surface area (Å²) in [6.07, 6.45) is 7.06. The zero-order chi connectivity index (χ0) is 8.81. The number of amides is 1. The zero-order valence-electron chi connectivity index (χ0n) is 7.51. The lowest BCUT2D eigenvalue weighted by atomic mass is 9.95. The van der Waals surface area contributed by atoms with E-state index in [1.54, 1.807) is 0 Å². The molecule has 0 aromatic rings. The van der Waals surface area contributed by atoms with Gasteiger partial charge in [0.1, 0.15) is 0 Å². The van der Waals surface area contributed by atoms with Crippen molar-refractivity contribution in [1.82, 2.24) is 5.32 Å². The van der Waals surface area contributed by atoms with Gasteiger partial charge in [-0.3, -0.25) is 4.79 Å². The Bertz CT molecular complexity index is 139. The van der Waals surface area contributed by atoms with Crippen molar-refractivity contribution < 1.29 is 4.79 Å². The van der Waals surface area contributed by atoms with Crippen molar-refractivity contribution in [3.8, 4) is 0 Å². The monoisotopic (exact) mass is 167 g/mol. The second kappa shape index (κ2) is 5.18. The third-order valence-electron chi connectivity index (χ3n) is 2.34. The molecule has 1 aliphatic carbocycles. The van der Waals surface area contributed by atoms with Crippen LogP contribution in [-0.4, -0.2) is 11.9 Å². The molecule has 1 aliphatic rings. The van der Waals surface area contributed by atoms with Crippen LogP contribution in [0.2, 0.25) is 0 Å². The van der Waals surface area contributed by atoms with E-state index in [-0.39, 0.29) is 5.91 Å². The maximum Gasteiger partial charge on any atom is 0.220 e. The summed E-state index contributed by atoms with van der Waals surface area (Å²) < 4.78 is 0. The van der Waals surface area contributed by atoms with Crippen molar-refractivity contribution >= 4 is 5.91 Å². The molecule has 68 valence electrons. The van der Waals surface area contributed by atoms with Crippen LogP contribution in [0.4, 0.5) is 0 Å². The molecule has 2 radical (unpaired) electrons. The molecule has 0 atom stereocenters. The zero-order valence-corrected chi connectivity index (χ0v) is 7.51. The van der Waals surface area contributed by atoms with Crippen molar-refractivity contribution in [2.24, 2.45) is 0 Å². The topological polar surface area (TPSA) is 29.1 Å². The van der Waals surface area contributed by atoms with Crippen LogP contribution in [0, 0.1) is 6.92 Å². The molecule has 0 unspecified atom stereocenters. The van der Waals surface area contributed by atoms with E-state index in [4.69, 9.17) is 6.92 Å². The predicted molar refractivity (Wildman–Crippen MR) is 48.5 cm³/mol. The maximum atomic E-state index is 11.1. The molecule has 1 fully saturated rings. The molecule has 0 saturated heterocycles. The van der Waals surface area contributed by atoms with E-state index < -0.39 is 0 Å². The number of hydrogen-bond donors (Lipinski definition) is 1. The predicted octanol–water partition coefficient (Wildman–Crippen LogP) is 1.93. The largest absolute Gasteiger partial charge is 0.353 e. The Kier molecular flexibility index (Phi) is 4.12. The van der Waals surface area contributed by atoms with Gasteiger partial charge in [-0.2, -0.15) is 0 Å². The minimum absolute atomic E-state index is 0.115. The average Bonchev–Trinajstić information content (AvgIpc) is 2.06. The molecular weight excluding hydrogens is 150 g/mol. The van der Waals surface area contributed by atoms with Gasteiger partial charge in [-0.15, -0.1) is 0 Å². The molecule has 0 aliphatic heterocycles. The third kappa shape index (κ3) is 3.24. The van der Waals surface area contributed by atoms with E-state index in [2.05, 4.69) is 5.32 Å². The fourth-order valence-electron chi connectivity index (χ4n) is 1.68. The van der Waals surface area contributed by atoms with E-state index in [0.29, 0.717) is 18.9 Å². The summed E-state index contributed by atoms with van der Waals surface area (Å²) in [5.41, 5.74) is 0. The first kappa shape index (κ1) is 9.56. The summed E-state index contributed by atoms with van der Waals surface area (Å²) in [4.78, 5) is 11.1. The summed E-state index contributed by atoms with van der Waals surface area (Å²) in [5.74, 6) is 0.115. The molecule has 0 bridgehead atoms. The SMILES string of the molecule is [CH]CCC(=O)NC1CCCCC1. The van der Waals surface area contributed by atoms with Crippen molar-refractivity contribution in [3.05, 3.63) is 6.92 Å². The Morgan fingerprint density at radius 1 is 1.33 bits per heavy atom. The van der Waals surface area contributed by atoms with E-state index in [0.717, 1.165) is 12.8 Å². The molecule has 1 rings (SSSR count). The smallest absolute Gasteiger partial charge is 0.220 e. The van der Waals surface area contributed by atoms with Gasteiger partial charge in [0.15, 0.2) is 0 Å². The molecule has 12 heavy (non-hydrogen) atoms. The standard InChI is InChI=1S/C10H17NO/c1-2-6-10(12)11-9-7-4-3-5-8-9/h1,9H,2-8H2,(H,11,12). The van der Waals surface area contributed by atoms with E-state index in [1.807, 2.05) is 0 Å². The third-order valence-corrected chi connectivity index (χ3v) is 2.34. The Hall–Kier alpha value is -0.530. The molecule has 0 spiro atoms. The molecule has 1 N–H and O–H groups in total. The van der Waals surface area contributed by atoms with Crippen LogP contribution in [0.1, 0.15) is 44.9 Å². The van der Waals surface area contributed by atoms with Gasteiger partial charge in [0.05, 0.1) is 0 Å². The number of nitrogens with one attached hydrogen (secondary N) is 1. The summed E-state index contributed by atoms with van der Waals surface area (Å²) >= 11 is 0. The van der Waals surface area contributed by atoms with Crippen LogP contribution < -0.4 is 5.32 Å². The van der Waals surface area contributed by atoms with Gasteiger partial charge in [0, 0.05) is 12.5 Å². The van der Waals surface area contributed by atoms with Gasteiger partial charge in [0.25, 0.3) is 0 Å². The first-order chi connectivity index (χ1) is 5.83. The van der Waals surface area contributed by atoms with Crippen molar-refractivity contribution in [3.63, 3.8) is 0 Å². The number of carbonyl (C=O) groups excluding carboxylic acids is 1. The Morgan fingerprint density at radius 2 is 2.00 bits per heavy atom. The van der Waals surface area contributed by atoms with Crippen molar-refractivity contribution in [2.75, 3.05) is 0 Å². The number of rotatable bonds is 3. The normalized spacial score (nSPS) is 19.1. The van der Waals surface area contributed by atoms with Crippen LogP contribution in [0.15, 0.2) is 0 Å². The summed E-state index contributed by atoms with van der Waals surface area (Å²) in [6, 6.07) is 0.429. The highest BCUT2D eigenvalue weighted by Gasteiger charge is 2.14. The molecule has 1 amide bonds. The Balaban J connectivity index is 2.15. The van der Waals surface area contributed by atoms with Gasteiger partial charge in [-0.25, -0.2) is 0 Å². The highest BCUT2D eigenvalue weighted by Crippen LogP contribution is 2.17. The Morgan fingerprint density at radius 3 is 2.58 bits per heavy atom. The van der Waals surface area contributed by atoms with Crippen molar-refractivity contribution in [1.29, 1.82) is 0 Å². The molecule has 0 aromatic carbocycles. The first-order valence-corrected chi connectivity index (χ1v) is 4.82. The van der Waals surface area contributed by atoms with Crippen LogP contribution in [0.3, 0.4) is 0 Å². The fraction of sp³-hybridized carbons (Fsp3) is 0.800. The lowest BCUT2D eigenvalue weighted by Gasteiger charge is -2.22. The summed E-state index contributed by atoms with van der Waals surface area (Å²) in [7, 11) is 0. The Labute approximate surface area is 74.7 Å². The minimum Gasteiger partial charge on any atom is -0.353 e. The van der Waals surface area contributed by atoms with Crippen LogP contribution in [0.5, 0.6) is 0 Å². The molecule has 0 heterocycles. The van der Waals surface area contributed by atoms with E-state index in [1.165, 1.54) is 19.3 Å². The van der Waals surface area contributed by atoms with Crippen LogP contribution in [0.25, 0.3) is 0 Å². The molecule has 2 heteroatoms. The summed E-state index contributed by atoms with van der Waals surface area (Å²) in [5, 5.41) is 3.00. The van der Waals surface area contributed by atoms with E-state index >= 15 is 0 Å². The lowest BCUT2D eigenvalue weighted by molar-refractivity contribution is -0.121. The van der Waals surface area contributed by atoms with Gasteiger partial charge in [-0.1, -0.05) is 19.3 Å². The second-order valence-electron chi connectivity index (χ2n) is 3.44. The minimum atomic E-state index is 0.115. The highest BCUT2D eigenvalue weighted by molar-refractivity contribution is 5.76. The lowest BCUT2D eigenvalue weighted by Crippen LogP contribution is -2.35. The first-order valence-electron chi connectivity index (χ1n) is 4.82. The van der Waals surface area contributed by atoms with Crippen molar-refractivity contribution in [2.45, 2.75) is 51.0 Å². The average molecular weight is 167 g/mol. The second-order valence-corrected chi connectivity index (χ2v) is 3.44. The highest BCUT2D eigenvalue weighted by atomic mass is 16.1.